The Bertz CT molecular complexity index is 395. The van der Waals surface area contributed by atoms with Crippen molar-refractivity contribution in [3.05, 3.63) is 40.1 Å². The smallest absolute Gasteiger partial charge is 0.155 e. The first-order valence-corrected chi connectivity index (χ1v) is 5.86. The minimum atomic E-state index is 0.258. The second-order valence-corrected chi connectivity index (χ2v) is 4.68. The van der Waals surface area contributed by atoms with Crippen molar-refractivity contribution in [1.29, 1.82) is 0 Å². The molecule has 3 heteroatoms. The average molecular weight is 266 g/mol. The van der Waals surface area contributed by atoms with E-state index in [0.717, 1.165) is 29.4 Å². The van der Waals surface area contributed by atoms with Crippen molar-refractivity contribution in [1.82, 2.24) is 4.98 Å². The molecule has 0 unspecified atom stereocenters. The molecule has 15 heavy (non-hydrogen) atoms. The number of carbonyl (C=O) groups is 1. The number of ketones is 1. The fourth-order valence-electron chi connectivity index (χ4n) is 1.74. The standard InChI is InChI=1S/C12H12BrNO/c13-10-4-5-11(14-8-10)6-9-2-1-3-12(15)7-9/h4-5,7-8H,1-3,6H2. The Labute approximate surface area is 97.5 Å². The number of aromatic nitrogens is 1. The number of hydrogen-bond donors (Lipinski definition) is 0. The largest absolute Gasteiger partial charge is 0.295 e. The van der Waals surface area contributed by atoms with Gasteiger partial charge < -0.3 is 0 Å². The Morgan fingerprint density at radius 1 is 1.33 bits per heavy atom. The summed E-state index contributed by atoms with van der Waals surface area (Å²) in [6, 6.07) is 3.97. The molecule has 0 spiro atoms. The Morgan fingerprint density at radius 2 is 2.20 bits per heavy atom. The van der Waals surface area contributed by atoms with Crippen LogP contribution in [0.3, 0.4) is 0 Å². The van der Waals surface area contributed by atoms with Gasteiger partial charge >= 0.3 is 0 Å². The monoisotopic (exact) mass is 265 g/mol. The van der Waals surface area contributed by atoms with Crippen molar-refractivity contribution in [3.8, 4) is 0 Å². The molecule has 0 amide bonds. The van der Waals surface area contributed by atoms with Crippen molar-refractivity contribution < 1.29 is 4.79 Å². The zero-order valence-electron chi connectivity index (χ0n) is 8.37. The lowest BCUT2D eigenvalue weighted by molar-refractivity contribution is -0.115. The summed E-state index contributed by atoms with van der Waals surface area (Å²) in [4.78, 5) is 15.5. The number of allylic oxidation sites excluding steroid dienone is 2. The van der Waals surface area contributed by atoms with Gasteiger partial charge in [0.15, 0.2) is 5.78 Å². The quantitative estimate of drug-likeness (QED) is 0.823. The van der Waals surface area contributed by atoms with E-state index in [1.165, 1.54) is 5.57 Å². The van der Waals surface area contributed by atoms with Crippen LogP contribution in [0.15, 0.2) is 34.5 Å². The van der Waals surface area contributed by atoms with Crippen LogP contribution in [0, 0.1) is 0 Å². The normalized spacial score (nSPS) is 16.3. The molecule has 0 saturated heterocycles. The molecule has 0 bridgehead atoms. The molecule has 1 aromatic heterocycles. The maximum absolute atomic E-state index is 11.2. The first-order valence-electron chi connectivity index (χ1n) is 5.07. The Balaban J connectivity index is 2.08. The number of halogens is 1. The molecule has 1 aromatic rings. The topological polar surface area (TPSA) is 30.0 Å². The maximum Gasteiger partial charge on any atom is 0.155 e. The van der Waals surface area contributed by atoms with Gasteiger partial charge in [0.25, 0.3) is 0 Å². The summed E-state index contributed by atoms with van der Waals surface area (Å²) in [7, 11) is 0. The highest BCUT2D eigenvalue weighted by atomic mass is 79.9. The fraction of sp³-hybridized carbons (Fsp3) is 0.333. The molecule has 0 atom stereocenters. The van der Waals surface area contributed by atoms with Crippen molar-refractivity contribution in [2.75, 3.05) is 0 Å². The molecule has 1 heterocycles. The number of rotatable bonds is 2. The first kappa shape index (κ1) is 10.6. The van der Waals surface area contributed by atoms with E-state index in [-0.39, 0.29) is 5.78 Å². The third-order valence-electron chi connectivity index (χ3n) is 2.48. The zero-order valence-corrected chi connectivity index (χ0v) is 9.96. The van der Waals surface area contributed by atoms with Crippen LogP contribution >= 0.6 is 15.9 Å². The van der Waals surface area contributed by atoms with E-state index in [4.69, 9.17) is 0 Å². The zero-order chi connectivity index (χ0) is 10.7. The van der Waals surface area contributed by atoms with Gasteiger partial charge in [-0.25, -0.2) is 0 Å². The first-order chi connectivity index (χ1) is 7.24. The van der Waals surface area contributed by atoms with Gasteiger partial charge in [-0.1, -0.05) is 5.57 Å². The van der Waals surface area contributed by atoms with E-state index in [1.54, 1.807) is 12.3 Å². The summed E-state index contributed by atoms with van der Waals surface area (Å²) in [5, 5.41) is 0. The van der Waals surface area contributed by atoms with Gasteiger partial charge in [0.1, 0.15) is 0 Å². The second-order valence-electron chi connectivity index (χ2n) is 3.77. The summed E-state index contributed by atoms with van der Waals surface area (Å²) in [6.45, 7) is 0. The van der Waals surface area contributed by atoms with Crippen LogP contribution in [0.5, 0.6) is 0 Å². The molecular weight excluding hydrogens is 254 g/mol. The van der Waals surface area contributed by atoms with Crippen LogP contribution in [-0.2, 0) is 11.2 Å². The highest BCUT2D eigenvalue weighted by molar-refractivity contribution is 9.10. The summed E-state index contributed by atoms with van der Waals surface area (Å²) < 4.78 is 0.986. The Hall–Kier alpha value is -0.960. The average Bonchev–Trinajstić information content (AvgIpc) is 2.22. The molecule has 2 rings (SSSR count). The minimum absolute atomic E-state index is 0.258. The lowest BCUT2D eigenvalue weighted by Gasteiger charge is -2.11. The van der Waals surface area contributed by atoms with E-state index in [9.17, 15) is 4.79 Å². The van der Waals surface area contributed by atoms with Crippen LogP contribution in [0.1, 0.15) is 25.0 Å². The van der Waals surface area contributed by atoms with Crippen LogP contribution in [0.25, 0.3) is 0 Å². The third kappa shape index (κ3) is 2.99. The predicted octanol–water partition coefficient (Wildman–Crippen LogP) is 3.07. The fourth-order valence-corrected chi connectivity index (χ4v) is 1.98. The van der Waals surface area contributed by atoms with Crippen LogP contribution in [0.2, 0.25) is 0 Å². The summed E-state index contributed by atoms with van der Waals surface area (Å²) in [5.74, 6) is 0.258. The van der Waals surface area contributed by atoms with E-state index in [1.807, 2.05) is 12.1 Å². The van der Waals surface area contributed by atoms with E-state index in [0.29, 0.717) is 6.42 Å². The van der Waals surface area contributed by atoms with E-state index < -0.39 is 0 Å². The van der Waals surface area contributed by atoms with Crippen molar-refractivity contribution in [2.24, 2.45) is 0 Å². The van der Waals surface area contributed by atoms with Crippen LogP contribution in [-0.4, -0.2) is 10.8 Å². The molecule has 0 fully saturated rings. The maximum atomic E-state index is 11.2. The van der Waals surface area contributed by atoms with E-state index in [2.05, 4.69) is 20.9 Å². The molecular formula is C12H12BrNO. The summed E-state index contributed by atoms with van der Waals surface area (Å²) in [6.07, 6.45) is 7.11. The lowest BCUT2D eigenvalue weighted by Crippen LogP contribution is -2.05. The van der Waals surface area contributed by atoms with Crippen LogP contribution in [0.4, 0.5) is 0 Å². The second kappa shape index (κ2) is 4.71. The summed E-state index contributed by atoms with van der Waals surface area (Å²) >= 11 is 3.35. The molecule has 0 saturated carbocycles. The van der Waals surface area contributed by atoms with Crippen LogP contribution < -0.4 is 0 Å². The highest BCUT2D eigenvalue weighted by Gasteiger charge is 2.10. The van der Waals surface area contributed by atoms with Crippen molar-refractivity contribution in [3.63, 3.8) is 0 Å². The van der Waals surface area contributed by atoms with Gasteiger partial charge in [-0.2, -0.15) is 0 Å². The van der Waals surface area contributed by atoms with Crippen molar-refractivity contribution in [2.45, 2.75) is 25.7 Å². The number of carbonyl (C=O) groups excluding carboxylic acids is 1. The molecule has 2 nitrogen and oxygen atoms in total. The Kier molecular flexibility index (Phi) is 3.31. The highest BCUT2D eigenvalue weighted by Crippen LogP contribution is 2.19. The van der Waals surface area contributed by atoms with Gasteiger partial charge in [-0.15, -0.1) is 0 Å². The lowest BCUT2D eigenvalue weighted by atomic mass is 9.95. The van der Waals surface area contributed by atoms with E-state index >= 15 is 0 Å². The number of hydrogen-bond acceptors (Lipinski definition) is 2. The van der Waals surface area contributed by atoms with Gasteiger partial charge in [-0.3, -0.25) is 9.78 Å². The van der Waals surface area contributed by atoms with Gasteiger partial charge in [0.05, 0.1) is 0 Å². The molecule has 0 aliphatic heterocycles. The molecule has 1 aliphatic carbocycles. The van der Waals surface area contributed by atoms with Gasteiger partial charge in [0, 0.05) is 29.2 Å². The third-order valence-corrected chi connectivity index (χ3v) is 2.95. The predicted molar refractivity (Wildman–Crippen MR) is 62.6 cm³/mol. The molecule has 0 aromatic carbocycles. The molecule has 78 valence electrons. The SMILES string of the molecule is O=C1C=C(Cc2ccc(Br)cn2)CCC1. The minimum Gasteiger partial charge on any atom is -0.295 e. The summed E-state index contributed by atoms with van der Waals surface area (Å²) in [5.41, 5.74) is 2.24. The number of nitrogens with zero attached hydrogens (tertiary/aromatic N) is 1. The number of pyridine rings is 1. The van der Waals surface area contributed by atoms with Crippen molar-refractivity contribution >= 4 is 21.7 Å². The van der Waals surface area contributed by atoms with Gasteiger partial charge in [0.2, 0.25) is 0 Å². The van der Waals surface area contributed by atoms with Gasteiger partial charge in [-0.05, 0) is 47.0 Å². The molecule has 0 N–H and O–H groups in total. The Morgan fingerprint density at radius 3 is 2.87 bits per heavy atom. The molecule has 0 radical (unpaired) electrons. The molecule has 1 aliphatic rings.